The number of carbonyl (C=O) groups excluding carboxylic acids is 1. The Labute approximate surface area is 135 Å². The molecule has 126 valence electrons. The second-order valence-electron chi connectivity index (χ2n) is 6.57. The molecule has 0 aliphatic carbocycles. The summed E-state index contributed by atoms with van der Waals surface area (Å²) in [6.45, 7) is 8.64. The summed E-state index contributed by atoms with van der Waals surface area (Å²) in [5.41, 5.74) is 0. The highest BCUT2D eigenvalue weighted by Gasteiger charge is 2.26. The molecule has 22 heavy (non-hydrogen) atoms. The van der Waals surface area contributed by atoms with Crippen LogP contribution in [0.25, 0.3) is 0 Å². The standard InChI is InChI=1S/C19H32O3/c1-6-17-12-15(3)14(2)10-8-7-9-11-16(4)22-19(20)13-18(17)21-5/h7-10,14-18H,6,11-13H2,1-5H3. The predicted octanol–water partition coefficient (Wildman–Crippen LogP) is 4.53. The zero-order valence-corrected chi connectivity index (χ0v) is 14.7. The van der Waals surface area contributed by atoms with Gasteiger partial charge in [0.15, 0.2) is 0 Å². The van der Waals surface area contributed by atoms with Gasteiger partial charge in [-0.05, 0) is 31.1 Å². The van der Waals surface area contributed by atoms with Crippen LogP contribution in [0.3, 0.4) is 0 Å². The van der Waals surface area contributed by atoms with Crippen LogP contribution in [0.1, 0.15) is 53.4 Å². The lowest BCUT2D eigenvalue weighted by Gasteiger charge is -2.29. The lowest BCUT2D eigenvalue weighted by molar-refractivity contribution is -0.152. The number of methoxy groups -OCH3 is 1. The molecule has 0 aromatic rings. The summed E-state index contributed by atoms with van der Waals surface area (Å²) >= 11 is 0. The van der Waals surface area contributed by atoms with Crippen molar-refractivity contribution < 1.29 is 14.3 Å². The maximum atomic E-state index is 12.1. The van der Waals surface area contributed by atoms with Gasteiger partial charge in [0.2, 0.25) is 0 Å². The van der Waals surface area contributed by atoms with Gasteiger partial charge < -0.3 is 9.47 Å². The minimum Gasteiger partial charge on any atom is -0.462 e. The number of cyclic esters (lactones) is 1. The molecule has 0 aromatic carbocycles. The summed E-state index contributed by atoms with van der Waals surface area (Å²) in [6.07, 6.45) is 11.5. The highest BCUT2D eigenvalue weighted by Crippen LogP contribution is 2.28. The average molecular weight is 308 g/mol. The molecule has 1 rings (SSSR count). The van der Waals surface area contributed by atoms with Crippen molar-refractivity contribution >= 4 is 5.97 Å². The highest BCUT2D eigenvalue weighted by atomic mass is 16.5. The van der Waals surface area contributed by atoms with Crippen LogP contribution in [0.5, 0.6) is 0 Å². The van der Waals surface area contributed by atoms with E-state index in [-0.39, 0.29) is 18.2 Å². The van der Waals surface area contributed by atoms with E-state index in [4.69, 9.17) is 9.47 Å². The van der Waals surface area contributed by atoms with Crippen molar-refractivity contribution in [2.45, 2.75) is 65.6 Å². The van der Waals surface area contributed by atoms with E-state index in [1.807, 2.05) is 6.92 Å². The predicted molar refractivity (Wildman–Crippen MR) is 90.6 cm³/mol. The summed E-state index contributed by atoms with van der Waals surface area (Å²) in [5.74, 6) is 1.31. The van der Waals surface area contributed by atoms with Gasteiger partial charge in [-0.25, -0.2) is 0 Å². The third-order valence-corrected chi connectivity index (χ3v) is 4.76. The van der Waals surface area contributed by atoms with Crippen LogP contribution >= 0.6 is 0 Å². The van der Waals surface area contributed by atoms with Gasteiger partial charge in [-0.3, -0.25) is 4.79 Å². The first-order chi connectivity index (χ1) is 10.5. The van der Waals surface area contributed by atoms with Crippen LogP contribution in [0.15, 0.2) is 24.3 Å². The quantitative estimate of drug-likeness (QED) is 0.703. The van der Waals surface area contributed by atoms with E-state index in [2.05, 4.69) is 45.1 Å². The summed E-state index contributed by atoms with van der Waals surface area (Å²) in [5, 5.41) is 0. The molecule has 1 heterocycles. The summed E-state index contributed by atoms with van der Waals surface area (Å²) in [7, 11) is 1.70. The van der Waals surface area contributed by atoms with E-state index in [9.17, 15) is 4.79 Å². The number of allylic oxidation sites excluding steroid dienone is 3. The highest BCUT2D eigenvalue weighted by molar-refractivity contribution is 5.70. The average Bonchev–Trinajstić information content (AvgIpc) is 2.48. The van der Waals surface area contributed by atoms with E-state index >= 15 is 0 Å². The van der Waals surface area contributed by atoms with Crippen molar-refractivity contribution in [3.63, 3.8) is 0 Å². The van der Waals surface area contributed by atoms with Crippen LogP contribution in [0.4, 0.5) is 0 Å². The van der Waals surface area contributed by atoms with Crippen LogP contribution in [0.2, 0.25) is 0 Å². The smallest absolute Gasteiger partial charge is 0.308 e. The molecule has 0 amide bonds. The molecule has 0 N–H and O–H groups in total. The Morgan fingerprint density at radius 2 is 2.00 bits per heavy atom. The van der Waals surface area contributed by atoms with E-state index in [1.165, 1.54) is 0 Å². The summed E-state index contributed by atoms with van der Waals surface area (Å²) in [4.78, 5) is 12.1. The topological polar surface area (TPSA) is 35.5 Å². The largest absolute Gasteiger partial charge is 0.462 e. The number of ether oxygens (including phenoxy) is 2. The minimum atomic E-state index is -0.153. The van der Waals surface area contributed by atoms with E-state index in [0.29, 0.717) is 24.2 Å². The monoisotopic (exact) mass is 308 g/mol. The number of esters is 1. The molecule has 0 saturated carbocycles. The van der Waals surface area contributed by atoms with Crippen LogP contribution < -0.4 is 0 Å². The molecule has 0 spiro atoms. The molecule has 0 bridgehead atoms. The van der Waals surface area contributed by atoms with Crippen molar-refractivity contribution in [3.8, 4) is 0 Å². The number of hydrogen-bond acceptors (Lipinski definition) is 3. The molecule has 3 nitrogen and oxygen atoms in total. The van der Waals surface area contributed by atoms with E-state index in [1.54, 1.807) is 7.11 Å². The van der Waals surface area contributed by atoms with Crippen LogP contribution in [-0.2, 0) is 14.3 Å². The van der Waals surface area contributed by atoms with Gasteiger partial charge in [0, 0.05) is 13.5 Å². The molecule has 1 aliphatic rings. The molecule has 0 radical (unpaired) electrons. The number of carbonyl (C=O) groups is 1. The molecule has 0 saturated heterocycles. The Kier molecular flexibility index (Phi) is 8.47. The van der Waals surface area contributed by atoms with Gasteiger partial charge in [-0.15, -0.1) is 0 Å². The molecule has 0 aromatic heterocycles. The normalized spacial score (nSPS) is 35.0. The van der Waals surface area contributed by atoms with Gasteiger partial charge in [0.05, 0.1) is 12.5 Å². The SMILES string of the molecule is CCC1CC(C)C(C)C=CC=CCC(C)OC(=O)CC1OC. The zero-order chi connectivity index (χ0) is 16.5. The zero-order valence-electron chi connectivity index (χ0n) is 14.7. The van der Waals surface area contributed by atoms with Gasteiger partial charge in [0.1, 0.15) is 6.10 Å². The molecule has 5 unspecified atom stereocenters. The fourth-order valence-electron chi connectivity index (χ4n) is 2.98. The lowest BCUT2D eigenvalue weighted by Crippen LogP contribution is -2.29. The fraction of sp³-hybridized carbons (Fsp3) is 0.737. The summed E-state index contributed by atoms with van der Waals surface area (Å²) < 4.78 is 11.1. The maximum absolute atomic E-state index is 12.1. The van der Waals surface area contributed by atoms with Gasteiger partial charge >= 0.3 is 5.97 Å². The molecule has 0 fully saturated rings. The minimum absolute atomic E-state index is 0.0539. The first-order valence-corrected chi connectivity index (χ1v) is 8.53. The Hall–Kier alpha value is -1.09. The van der Waals surface area contributed by atoms with Crippen molar-refractivity contribution in [3.05, 3.63) is 24.3 Å². The van der Waals surface area contributed by atoms with Crippen molar-refractivity contribution in [1.82, 2.24) is 0 Å². The number of hydrogen-bond donors (Lipinski definition) is 0. The van der Waals surface area contributed by atoms with Gasteiger partial charge in [0.25, 0.3) is 0 Å². The Morgan fingerprint density at radius 3 is 2.64 bits per heavy atom. The fourth-order valence-corrected chi connectivity index (χ4v) is 2.98. The van der Waals surface area contributed by atoms with Crippen LogP contribution in [0, 0.1) is 17.8 Å². The number of rotatable bonds is 2. The molecule has 1 aliphatic heterocycles. The van der Waals surface area contributed by atoms with Crippen molar-refractivity contribution in [2.24, 2.45) is 17.8 Å². The maximum Gasteiger partial charge on any atom is 0.308 e. The molecular weight excluding hydrogens is 276 g/mol. The molecule has 3 heteroatoms. The lowest BCUT2D eigenvalue weighted by atomic mass is 9.82. The van der Waals surface area contributed by atoms with Gasteiger partial charge in [-0.2, -0.15) is 0 Å². The van der Waals surface area contributed by atoms with Crippen molar-refractivity contribution in [1.29, 1.82) is 0 Å². The third kappa shape index (κ3) is 6.35. The Balaban J connectivity index is 2.90. The second-order valence-corrected chi connectivity index (χ2v) is 6.57. The summed E-state index contributed by atoms with van der Waals surface area (Å²) in [6, 6.07) is 0. The Morgan fingerprint density at radius 1 is 1.27 bits per heavy atom. The van der Waals surface area contributed by atoms with Crippen molar-refractivity contribution in [2.75, 3.05) is 7.11 Å². The molecule has 5 atom stereocenters. The second kappa shape index (κ2) is 9.83. The third-order valence-electron chi connectivity index (χ3n) is 4.76. The van der Waals surface area contributed by atoms with Gasteiger partial charge in [-0.1, -0.05) is 51.5 Å². The first-order valence-electron chi connectivity index (χ1n) is 8.53. The van der Waals surface area contributed by atoms with E-state index in [0.717, 1.165) is 19.3 Å². The Bertz CT molecular complexity index is 386. The van der Waals surface area contributed by atoms with Crippen LogP contribution in [-0.4, -0.2) is 25.3 Å². The first kappa shape index (κ1) is 19.0. The molecular formula is C19H32O3. The van der Waals surface area contributed by atoms with E-state index < -0.39 is 0 Å².